The van der Waals surface area contributed by atoms with Crippen LogP contribution in [0, 0.1) is 0 Å². The molecular weight excluding hydrogens is 184 g/mol. The van der Waals surface area contributed by atoms with Crippen molar-refractivity contribution in [2.75, 3.05) is 6.61 Å². The Kier molecular flexibility index (Phi) is 4.10. The van der Waals surface area contributed by atoms with Crippen molar-refractivity contribution in [3.8, 4) is 0 Å². The summed E-state index contributed by atoms with van der Waals surface area (Å²) in [6, 6.07) is 0. The molecule has 1 fully saturated rings. The molecule has 1 saturated carbocycles. The molecule has 0 aliphatic heterocycles. The molecule has 0 aromatic rings. The largest absolute Gasteiger partial charge is 0.463 e. The molecule has 0 saturated heterocycles. The zero-order chi connectivity index (χ0) is 10.6. The van der Waals surface area contributed by atoms with Gasteiger partial charge in [-0.1, -0.05) is 5.57 Å². The maximum Gasteiger partial charge on any atom is 0.330 e. The van der Waals surface area contributed by atoms with Gasteiger partial charge in [0.05, 0.1) is 18.8 Å². The summed E-state index contributed by atoms with van der Waals surface area (Å²) in [7, 11) is 0. The van der Waals surface area contributed by atoms with Gasteiger partial charge in [-0.15, -0.1) is 0 Å². The van der Waals surface area contributed by atoms with E-state index in [1.54, 1.807) is 6.92 Å². The van der Waals surface area contributed by atoms with Crippen molar-refractivity contribution >= 4 is 5.97 Å². The van der Waals surface area contributed by atoms with Crippen LogP contribution in [-0.2, 0) is 9.53 Å². The van der Waals surface area contributed by atoms with E-state index in [0.29, 0.717) is 25.9 Å². The summed E-state index contributed by atoms with van der Waals surface area (Å²) < 4.78 is 4.74. The minimum atomic E-state index is -0.542. The summed E-state index contributed by atoms with van der Waals surface area (Å²) in [6.45, 7) is 2.08. The predicted molar refractivity (Wildman–Crippen MR) is 50.6 cm³/mol. The molecule has 0 spiro atoms. The Morgan fingerprint density at radius 1 is 1.50 bits per heavy atom. The quantitative estimate of drug-likeness (QED) is 0.499. The van der Waals surface area contributed by atoms with E-state index in [9.17, 15) is 15.0 Å². The van der Waals surface area contributed by atoms with E-state index in [-0.39, 0.29) is 0 Å². The predicted octanol–water partition coefficient (Wildman–Crippen LogP) is 0.382. The zero-order valence-electron chi connectivity index (χ0n) is 8.27. The fourth-order valence-electron chi connectivity index (χ4n) is 1.64. The van der Waals surface area contributed by atoms with E-state index >= 15 is 0 Å². The SMILES string of the molecule is CCOC(=O)C=C1C[C@@H](O)C[C@H](O)C1. The lowest BCUT2D eigenvalue weighted by Gasteiger charge is -2.24. The molecule has 2 N–H and O–H groups in total. The summed E-state index contributed by atoms with van der Waals surface area (Å²) in [5.74, 6) is -0.399. The van der Waals surface area contributed by atoms with Gasteiger partial charge in [-0.25, -0.2) is 4.79 Å². The molecule has 0 radical (unpaired) electrons. The topological polar surface area (TPSA) is 66.8 Å². The highest BCUT2D eigenvalue weighted by Crippen LogP contribution is 2.23. The summed E-state index contributed by atoms with van der Waals surface area (Å²) >= 11 is 0. The Hall–Kier alpha value is -0.870. The van der Waals surface area contributed by atoms with Crippen molar-refractivity contribution in [2.45, 2.75) is 38.4 Å². The van der Waals surface area contributed by atoms with Crippen LogP contribution in [0.15, 0.2) is 11.6 Å². The van der Waals surface area contributed by atoms with E-state index in [1.165, 1.54) is 6.08 Å². The maximum atomic E-state index is 11.1. The lowest BCUT2D eigenvalue weighted by Crippen LogP contribution is -2.25. The number of aliphatic hydroxyl groups excluding tert-OH is 2. The number of esters is 1. The number of carbonyl (C=O) groups excluding carboxylic acids is 1. The molecule has 0 unspecified atom stereocenters. The second-order valence-corrected chi connectivity index (χ2v) is 3.51. The highest BCUT2D eigenvalue weighted by molar-refractivity contribution is 5.82. The molecule has 0 aromatic carbocycles. The Morgan fingerprint density at radius 3 is 2.57 bits per heavy atom. The third-order valence-corrected chi connectivity index (χ3v) is 2.15. The molecule has 4 nitrogen and oxygen atoms in total. The summed E-state index contributed by atoms with van der Waals surface area (Å²) in [6.07, 6.45) is 1.58. The van der Waals surface area contributed by atoms with E-state index in [1.807, 2.05) is 0 Å². The van der Waals surface area contributed by atoms with Crippen molar-refractivity contribution in [1.29, 1.82) is 0 Å². The molecule has 80 valence electrons. The van der Waals surface area contributed by atoms with Crippen molar-refractivity contribution < 1.29 is 19.7 Å². The van der Waals surface area contributed by atoms with Gasteiger partial charge >= 0.3 is 5.97 Å². The first-order valence-corrected chi connectivity index (χ1v) is 4.84. The van der Waals surface area contributed by atoms with Crippen molar-refractivity contribution in [1.82, 2.24) is 0 Å². The molecule has 0 bridgehead atoms. The van der Waals surface area contributed by atoms with Crippen LogP contribution in [-0.4, -0.2) is 35.0 Å². The average Bonchev–Trinajstić information content (AvgIpc) is 2.01. The molecule has 4 heteroatoms. The second kappa shape index (κ2) is 5.12. The maximum absolute atomic E-state index is 11.1. The first kappa shape index (κ1) is 11.2. The monoisotopic (exact) mass is 200 g/mol. The zero-order valence-corrected chi connectivity index (χ0v) is 8.27. The van der Waals surface area contributed by atoms with Gasteiger partial charge < -0.3 is 14.9 Å². The minimum Gasteiger partial charge on any atom is -0.463 e. The van der Waals surface area contributed by atoms with Gasteiger partial charge in [0.2, 0.25) is 0 Å². The van der Waals surface area contributed by atoms with Gasteiger partial charge in [-0.3, -0.25) is 0 Å². The average molecular weight is 200 g/mol. The molecule has 14 heavy (non-hydrogen) atoms. The molecular formula is C10H16O4. The Morgan fingerprint density at radius 2 is 2.07 bits per heavy atom. The van der Waals surface area contributed by atoms with Crippen LogP contribution >= 0.6 is 0 Å². The molecule has 1 aliphatic carbocycles. The Bertz CT molecular complexity index is 222. The van der Waals surface area contributed by atoms with Gasteiger partial charge in [-0.05, 0) is 26.2 Å². The first-order valence-electron chi connectivity index (χ1n) is 4.84. The normalized spacial score (nSPS) is 27.2. The minimum absolute atomic E-state index is 0.341. The van der Waals surface area contributed by atoms with E-state index in [4.69, 9.17) is 4.74 Å². The fourth-order valence-corrected chi connectivity index (χ4v) is 1.64. The second-order valence-electron chi connectivity index (χ2n) is 3.51. The van der Waals surface area contributed by atoms with Crippen LogP contribution < -0.4 is 0 Å². The van der Waals surface area contributed by atoms with Crippen molar-refractivity contribution in [3.63, 3.8) is 0 Å². The van der Waals surface area contributed by atoms with Gasteiger partial charge in [0.25, 0.3) is 0 Å². The van der Waals surface area contributed by atoms with Crippen LogP contribution in [0.5, 0.6) is 0 Å². The molecule has 0 heterocycles. The van der Waals surface area contributed by atoms with Gasteiger partial charge in [-0.2, -0.15) is 0 Å². The number of hydrogen-bond acceptors (Lipinski definition) is 4. The number of rotatable bonds is 2. The molecule has 1 aliphatic rings. The third-order valence-electron chi connectivity index (χ3n) is 2.15. The van der Waals surface area contributed by atoms with Crippen molar-refractivity contribution in [2.24, 2.45) is 0 Å². The Labute approximate surface area is 83.2 Å². The number of carbonyl (C=O) groups is 1. The number of hydrogen-bond donors (Lipinski definition) is 2. The van der Waals surface area contributed by atoms with Crippen molar-refractivity contribution in [3.05, 3.63) is 11.6 Å². The number of aliphatic hydroxyl groups is 2. The highest BCUT2D eigenvalue weighted by atomic mass is 16.5. The van der Waals surface area contributed by atoms with E-state index in [0.717, 1.165) is 5.57 Å². The summed E-state index contributed by atoms with van der Waals surface area (Å²) in [5, 5.41) is 18.7. The van der Waals surface area contributed by atoms with Crippen LogP contribution in [0.4, 0.5) is 0 Å². The van der Waals surface area contributed by atoms with Crippen LogP contribution in [0.2, 0.25) is 0 Å². The fraction of sp³-hybridized carbons (Fsp3) is 0.700. The summed E-state index contributed by atoms with van der Waals surface area (Å²) in [4.78, 5) is 11.1. The number of ether oxygens (including phenoxy) is 1. The van der Waals surface area contributed by atoms with E-state index < -0.39 is 18.2 Å². The lowest BCUT2D eigenvalue weighted by atomic mass is 9.90. The third kappa shape index (κ3) is 3.47. The highest BCUT2D eigenvalue weighted by Gasteiger charge is 2.22. The Balaban J connectivity index is 2.53. The van der Waals surface area contributed by atoms with Gasteiger partial charge in [0.1, 0.15) is 0 Å². The standard InChI is InChI=1S/C10H16O4/c1-2-14-10(13)5-7-3-8(11)6-9(12)4-7/h5,8-9,11-12H,2-4,6H2,1H3/t8-,9-/m1/s1. The van der Waals surface area contributed by atoms with Gasteiger partial charge in [0.15, 0.2) is 0 Å². The van der Waals surface area contributed by atoms with Crippen LogP contribution in [0.1, 0.15) is 26.2 Å². The van der Waals surface area contributed by atoms with Crippen LogP contribution in [0.3, 0.4) is 0 Å². The molecule has 0 amide bonds. The summed E-state index contributed by atoms with van der Waals surface area (Å²) in [5.41, 5.74) is 0.759. The van der Waals surface area contributed by atoms with Gasteiger partial charge in [0, 0.05) is 6.08 Å². The molecule has 0 aromatic heterocycles. The van der Waals surface area contributed by atoms with Crippen LogP contribution in [0.25, 0.3) is 0 Å². The lowest BCUT2D eigenvalue weighted by molar-refractivity contribution is -0.137. The van der Waals surface area contributed by atoms with E-state index in [2.05, 4.69) is 0 Å². The molecule has 1 rings (SSSR count). The molecule has 2 atom stereocenters. The smallest absolute Gasteiger partial charge is 0.330 e. The first-order chi connectivity index (χ1) is 6.61.